The maximum atomic E-state index is 9.76. The molecule has 0 spiro atoms. The molecule has 42 heavy (non-hydrogen) atoms. The zero-order valence-electron chi connectivity index (χ0n) is 25.7. The Morgan fingerprint density at radius 1 is 0.762 bits per heavy atom. The third kappa shape index (κ3) is 7.45. The Hall–Kier alpha value is -3.09. The van der Waals surface area contributed by atoms with Crippen LogP contribution in [0.4, 0.5) is 0 Å². The van der Waals surface area contributed by atoms with Crippen LogP contribution in [0.3, 0.4) is 0 Å². The summed E-state index contributed by atoms with van der Waals surface area (Å²) in [5.74, 6) is 1.55. The van der Waals surface area contributed by atoms with Gasteiger partial charge in [0.1, 0.15) is 5.75 Å². The molecular weight excluding hydrogens is 705 g/mol. The van der Waals surface area contributed by atoms with E-state index in [2.05, 4.69) is 6.07 Å². The quantitative estimate of drug-likeness (QED) is 0.142. The van der Waals surface area contributed by atoms with Crippen molar-refractivity contribution in [3.05, 3.63) is 72.9 Å². The summed E-state index contributed by atoms with van der Waals surface area (Å²) in [4.78, 5) is 9.74. The van der Waals surface area contributed by atoms with Gasteiger partial charge in [-0.15, -0.1) is 17.5 Å². The Kier molecular flexibility index (Phi) is 10.7. The van der Waals surface area contributed by atoms with Gasteiger partial charge >= 0.3 is 0 Å². The average molecular weight is 746 g/mol. The average Bonchev–Trinajstić information content (AvgIpc) is 2.96. The summed E-state index contributed by atoms with van der Waals surface area (Å²) in [5.41, 5.74) is 3.27. The van der Waals surface area contributed by atoms with Crippen LogP contribution >= 0.6 is 0 Å². The maximum Gasteiger partial charge on any atom is 0.118 e. The Labute approximate surface area is 262 Å². The number of ether oxygens (including phenoxy) is 2. The second-order valence-corrected chi connectivity index (χ2v) is 12.6. The largest absolute Gasteiger partial charge is 0.540 e. The summed E-state index contributed by atoms with van der Waals surface area (Å²) < 4.78 is 10.9. The first kappa shape index (κ1) is 33.4. The zero-order chi connectivity index (χ0) is 29.9. The molecule has 1 heterocycles. The van der Waals surface area contributed by atoms with Gasteiger partial charge in [-0.1, -0.05) is 89.4 Å². The molecule has 1 radical (unpaired) electrons. The number of aliphatic hydroxyl groups is 2. The Bertz CT molecular complexity index is 1620. The number of benzene rings is 4. The fourth-order valence-corrected chi connectivity index (χ4v) is 4.51. The van der Waals surface area contributed by atoms with Crippen molar-refractivity contribution in [1.82, 2.24) is 9.97 Å². The minimum absolute atomic E-state index is 0. The smallest absolute Gasteiger partial charge is 0.118 e. The van der Waals surface area contributed by atoms with Crippen molar-refractivity contribution in [2.24, 2.45) is 10.8 Å². The molecule has 0 amide bonds. The maximum absolute atomic E-state index is 9.76. The Morgan fingerprint density at radius 3 is 1.93 bits per heavy atom. The normalized spacial score (nSPS) is 13.2. The Morgan fingerprint density at radius 2 is 1.36 bits per heavy atom. The van der Waals surface area contributed by atoms with Crippen LogP contribution in [0.1, 0.15) is 48.0 Å². The Balaban J connectivity index is 0.000000297. The molecule has 2 N–H and O–H groups in total. The number of methoxy groups -OCH3 is 2. The molecule has 5 rings (SSSR count). The van der Waals surface area contributed by atoms with Crippen LogP contribution in [0.5, 0.6) is 11.5 Å². The first-order valence-corrected chi connectivity index (χ1v) is 13.9. The van der Waals surface area contributed by atoms with Crippen LogP contribution in [-0.2, 0) is 20.1 Å². The van der Waals surface area contributed by atoms with E-state index in [4.69, 9.17) is 19.4 Å². The predicted octanol–water partition coefficient (Wildman–Crippen LogP) is 7.61. The van der Waals surface area contributed by atoms with Crippen LogP contribution in [0.25, 0.3) is 43.8 Å². The van der Waals surface area contributed by atoms with E-state index >= 15 is 0 Å². The summed E-state index contributed by atoms with van der Waals surface area (Å²) in [5, 5.41) is 23.5. The minimum Gasteiger partial charge on any atom is -0.540 e. The van der Waals surface area contributed by atoms with E-state index in [1.165, 1.54) is 0 Å². The second kappa shape index (κ2) is 13.5. The molecule has 2 atom stereocenters. The minimum atomic E-state index is -0.443. The van der Waals surface area contributed by atoms with Gasteiger partial charge in [-0.05, 0) is 33.7 Å². The molecule has 2 unspecified atom stereocenters. The third-order valence-corrected chi connectivity index (χ3v) is 7.45. The fraction of sp³-hybridized carbons (Fsp3) is 0.371. The molecule has 0 saturated carbocycles. The van der Waals surface area contributed by atoms with Crippen molar-refractivity contribution in [2.75, 3.05) is 14.2 Å². The van der Waals surface area contributed by atoms with Crippen molar-refractivity contribution < 1.29 is 39.8 Å². The van der Waals surface area contributed by atoms with Crippen molar-refractivity contribution in [2.45, 2.75) is 60.2 Å². The summed E-state index contributed by atoms with van der Waals surface area (Å²) in [6, 6.07) is 23.3. The van der Waals surface area contributed by atoms with Gasteiger partial charge in [0.25, 0.3) is 0 Å². The van der Waals surface area contributed by atoms with E-state index in [1.807, 2.05) is 108 Å². The monoisotopic (exact) mass is 746 g/mol. The summed E-state index contributed by atoms with van der Waals surface area (Å²) in [6.45, 7) is 11.9. The van der Waals surface area contributed by atoms with Gasteiger partial charge in [0.2, 0.25) is 0 Å². The number of aromatic nitrogens is 2. The first-order chi connectivity index (χ1) is 19.3. The van der Waals surface area contributed by atoms with Gasteiger partial charge < -0.3 is 24.7 Å². The molecule has 7 heteroatoms. The van der Waals surface area contributed by atoms with E-state index in [1.54, 1.807) is 14.2 Å². The van der Waals surface area contributed by atoms with Crippen LogP contribution < -0.4 is 9.47 Å². The molecular formula is C35H41IrN2O4-. The first-order valence-electron chi connectivity index (χ1n) is 13.9. The fourth-order valence-electron chi connectivity index (χ4n) is 4.51. The molecule has 1 aromatic heterocycles. The number of rotatable bonds is 5. The van der Waals surface area contributed by atoms with E-state index in [9.17, 15) is 10.2 Å². The molecule has 0 aliphatic carbocycles. The standard InChI is InChI=1S/C24H17N2O2.C11H24O2.Ir/c1-27-16-8-10-18-20(12-16)21-13-17(28-2)9-11-19(21)24-23(18)25-14-22(26-24)15-6-4-3-5-7-15;1-10(2,3)8(12)7-9(13)11(4,5)6;/h3-9,11-14H,1-2H3;8-9,12-13H,7H2,1-6H3;/q-1;;. The zero-order valence-corrected chi connectivity index (χ0v) is 28.0. The van der Waals surface area contributed by atoms with Crippen molar-refractivity contribution in [3.8, 4) is 22.8 Å². The van der Waals surface area contributed by atoms with E-state index in [0.717, 1.165) is 55.3 Å². The molecule has 4 aromatic carbocycles. The van der Waals surface area contributed by atoms with E-state index in [-0.39, 0.29) is 30.9 Å². The van der Waals surface area contributed by atoms with Gasteiger partial charge in [-0.2, -0.15) is 0 Å². The van der Waals surface area contributed by atoms with Crippen LogP contribution in [0.2, 0.25) is 0 Å². The predicted molar refractivity (Wildman–Crippen MR) is 167 cm³/mol. The number of fused-ring (bicyclic) bond motifs is 6. The van der Waals surface area contributed by atoms with Gasteiger partial charge in [-0.25, -0.2) is 0 Å². The van der Waals surface area contributed by atoms with Crippen molar-refractivity contribution in [1.29, 1.82) is 0 Å². The molecule has 6 nitrogen and oxygen atoms in total. The second-order valence-electron chi connectivity index (χ2n) is 12.6. The number of hydrogen-bond donors (Lipinski definition) is 2. The van der Waals surface area contributed by atoms with E-state index < -0.39 is 12.2 Å². The molecule has 0 aliphatic rings. The topological polar surface area (TPSA) is 84.7 Å². The van der Waals surface area contributed by atoms with Crippen LogP contribution in [-0.4, -0.2) is 46.6 Å². The summed E-state index contributed by atoms with van der Waals surface area (Å²) >= 11 is 0. The van der Waals surface area contributed by atoms with E-state index in [0.29, 0.717) is 6.42 Å². The number of hydrogen-bond acceptors (Lipinski definition) is 6. The molecule has 0 saturated heterocycles. The molecule has 0 bridgehead atoms. The molecule has 0 aliphatic heterocycles. The third-order valence-electron chi connectivity index (χ3n) is 7.45. The number of aliphatic hydroxyl groups excluding tert-OH is 2. The van der Waals surface area contributed by atoms with Gasteiger partial charge in [0.05, 0.1) is 37.6 Å². The van der Waals surface area contributed by atoms with Crippen LogP contribution in [0.15, 0.2) is 66.9 Å². The molecule has 225 valence electrons. The molecule has 5 aromatic rings. The number of nitrogens with zero attached hydrogens (tertiary/aromatic N) is 2. The van der Waals surface area contributed by atoms with Crippen molar-refractivity contribution in [3.63, 3.8) is 0 Å². The van der Waals surface area contributed by atoms with Crippen molar-refractivity contribution >= 4 is 32.6 Å². The van der Waals surface area contributed by atoms with Gasteiger partial charge in [0.15, 0.2) is 0 Å². The van der Waals surface area contributed by atoms with Crippen LogP contribution in [0, 0.1) is 16.9 Å². The molecule has 0 fully saturated rings. The van der Waals surface area contributed by atoms with Gasteiger partial charge in [0, 0.05) is 49.6 Å². The summed E-state index contributed by atoms with van der Waals surface area (Å²) in [6.07, 6.45) is 1.39. The van der Waals surface area contributed by atoms with Gasteiger partial charge in [-0.3, -0.25) is 4.98 Å². The summed E-state index contributed by atoms with van der Waals surface area (Å²) in [7, 11) is 3.33. The SMILES string of the molecule is CC(C)(C)C(O)CC(O)C(C)(C)C.COc1c[c-]c2c(c1)c1cc(OC)ccc1c1nc(-c3ccccc3)cnc21.[Ir].